The van der Waals surface area contributed by atoms with Gasteiger partial charge < -0.3 is 10.5 Å². The number of benzene rings is 2. The smallest absolute Gasteiger partial charge is 0.129 e. The standard InChI is InChI=1S/C20H22FN3O3S/c1-19(2)18(23)24-20(3,12-28(19,25)26)16-10-15(8-9-17(16)21)27-14-6-4-13(11-22)5-7-14/h4-10,25-26H,12H2,1-3H3,(H2,23,24). The van der Waals surface area contributed by atoms with Gasteiger partial charge in [-0.1, -0.05) is 0 Å². The van der Waals surface area contributed by atoms with Crippen molar-refractivity contribution in [3.05, 3.63) is 59.4 Å². The highest BCUT2D eigenvalue weighted by Crippen LogP contribution is 2.59. The quantitative estimate of drug-likeness (QED) is 0.693. The van der Waals surface area contributed by atoms with E-state index in [9.17, 15) is 13.5 Å². The Hall–Kier alpha value is -2.60. The van der Waals surface area contributed by atoms with Crippen molar-refractivity contribution >= 4 is 16.4 Å². The summed E-state index contributed by atoms with van der Waals surface area (Å²) in [6.07, 6.45) is 0. The lowest BCUT2D eigenvalue weighted by Crippen LogP contribution is -2.52. The van der Waals surface area contributed by atoms with Crippen LogP contribution in [0.3, 0.4) is 0 Å². The van der Waals surface area contributed by atoms with Crippen LogP contribution in [-0.4, -0.2) is 25.4 Å². The van der Waals surface area contributed by atoms with Crippen LogP contribution in [0, 0.1) is 17.1 Å². The number of nitriles is 1. The Balaban J connectivity index is 1.99. The van der Waals surface area contributed by atoms with E-state index in [2.05, 4.69) is 4.99 Å². The average Bonchev–Trinajstić information content (AvgIpc) is 2.62. The predicted octanol–water partition coefficient (Wildman–Crippen LogP) is 4.60. The van der Waals surface area contributed by atoms with Gasteiger partial charge in [0, 0.05) is 5.56 Å². The average molecular weight is 403 g/mol. The molecule has 0 aromatic heterocycles. The van der Waals surface area contributed by atoms with E-state index in [1.165, 1.54) is 18.2 Å². The molecule has 6 nitrogen and oxygen atoms in total. The molecule has 2 aromatic rings. The fourth-order valence-electron chi connectivity index (χ4n) is 3.02. The zero-order chi connectivity index (χ0) is 20.7. The van der Waals surface area contributed by atoms with Crippen molar-refractivity contribution in [1.82, 2.24) is 0 Å². The zero-order valence-corrected chi connectivity index (χ0v) is 16.6. The fraction of sp³-hybridized carbons (Fsp3) is 0.300. The first kappa shape index (κ1) is 20.1. The highest BCUT2D eigenvalue weighted by molar-refractivity contribution is 8.26. The summed E-state index contributed by atoms with van der Waals surface area (Å²) in [5.41, 5.74) is 5.43. The zero-order valence-electron chi connectivity index (χ0n) is 15.8. The number of nitrogens with two attached hydrogens (primary N) is 1. The van der Waals surface area contributed by atoms with Crippen LogP contribution < -0.4 is 10.5 Å². The molecule has 2 aromatic carbocycles. The summed E-state index contributed by atoms with van der Waals surface area (Å²) in [5.74, 6) is 0.224. The minimum atomic E-state index is -3.16. The van der Waals surface area contributed by atoms with E-state index >= 15 is 0 Å². The third-order valence-electron chi connectivity index (χ3n) is 5.02. The van der Waals surface area contributed by atoms with Gasteiger partial charge in [-0.15, -0.1) is 0 Å². The molecule has 0 radical (unpaired) electrons. The summed E-state index contributed by atoms with van der Waals surface area (Å²) in [7, 11) is -3.16. The maximum absolute atomic E-state index is 14.7. The van der Waals surface area contributed by atoms with Gasteiger partial charge in [0.1, 0.15) is 33.4 Å². The van der Waals surface area contributed by atoms with Crippen LogP contribution in [0.1, 0.15) is 31.9 Å². The lowest BCUT2D eigenvalue weighted by atomic mass is 9.93. The van der Waals surface area contributed by atoms with Crippen LogP contribution >= 0.6 is 10.6 Å². The lowest BCUT2D eigenvalue weighted by Gasteiger charge is -2.53. The second kappa shape index (κ2) is 6.78. The van der Waals surface area contributed by atoms with Gasteiger partial charge in [0.2, 0.25) is 0 Å². The van der Waals surface area contributed by atoms with E-state index in [-0.39, 0.29) is 17.2 Å². The number of ether oxygens (including phenoxy) is 1. The highest BCUT2D eigenvalue weighted by Gasteiger charge is 2.49. The Morgan fingerprint density at radius 1 is 1.14 bits per heavy atom. The van der Waals surface area contributed by atoms with E-state index in [4.69, 9.17) is 15.7 Å². The molecule has 148 valence electrons. The molecule has 28 heavy (non-hydrogen) atoms. The van der Waals surface area contributed by atoms with E-state index in [0.717, 1.165) is 0 Å². The van der Waals surface area contributed by atoms with E-state index in [1.807, 2.05) is 6.07 Å². The number of nitrogens with zero attached hydrogens (tertiary/aromatic N) is 2. The van der Waals surface area contributed by atoms with Gasteiger partial charge >= 0.3 is 0 Å². The normalized spacial score (nSPS) is 24.0. The first-order valence-corrected chi connectivity index (χ1v) is 10.3. The summed E-state index contributed by atoms with van der Waals surface area (Å²) in [6.45, 7) is 4.84. The third kappa shape index (κ3) is 3.44. The van der Waals surface area contributed by atoms with Gasteiger partial charge in [-0.2, -0.15) is 15.9 Å². The topological polar surface area (TPSA) is 112 Å². The second-order valence-electron chi connectivity index (χ2n) is 7.47. The van der Waals surface area contributed by atoms with Crippen molar-refractivity contribution in [2.75, 3.05) is 5.75 Å². The number of hydrogen-bond donors (Lipinski definition) is 3. The van der Waals surface area contributed by atoms with Crippen molar-refractivity contribution in [1.29, 1.82) is 5.26 Å². The SMILES string of the molecule is CC1(c2cc(Oc3ccc(C#N)cc3)ccc2F)CS(O)(O)C(C)(C)C(N)=N1. The first-order valence-electron chi connectivity index (χ1n) is 8.58. The number of halogens is 1. The molecule has 4 N–H and O–H groups in total. The third-order valence-corrected chi connectivity index (χ3v) is 7.83. The molecule has 0 amide bonds. The van der Waals surface area contributed by atoms with Crippen LogP contribution in [0.25, 0.3) is 0 Å². The van der Waals surface area contributed by atoms with Gasteiger partial charge in [-0.25, -0.2) is 4.39 Å². The van der Waals surface area contributed by atoms with Gasteiger partial charge in [0.15, 0.2) is 0 Å². The Bertz CT molecular complexity index is 983. The molecule has 1 atom stereocenters. The molecule has 8 heteroatoms. The molecule has 0 saturated heterocycles. The molecular weight excluding hydrogens is 381 g/mol. The van der Waals surface area contributed by atoms with Crippen molar-refractivity contribution in [3.63, 3.8) is 0 Å². The number of amidine groups is 1. The minimum absolute atomic E-state index is 0.0686. The summed E-state index contributed by atoms with van der Waals surface area (Å²) in [4.78, 5) is 4.43. The van der Waals surface area contributed by atoms with Crippen LogP contribution in [0.15, 0.2) is 47.5 Å². The van der Waals surface area contributed by atoms with Crippen LogP contribution in [0.5, 0.6) is 11.5 Å². The molecule has 1 aliphatic rings. The van der Waals surface area contributed by atoms with E-state index in [0.29, 0.717) is 17.1 Å². The predicted molar refractivity (Wildman–Crippen MR) is 108 cm³/mol. The van der Waals surface area contributed by atoms with E-state index < -0.39 is 26.7 Å². The van der Waals surface area contributed by atoms with E-state index in [1.54, 1.807) is 45.0 Å². The minimum Gasteiger partial charge on any atom is -0.457 e. The molecule has 1 unspecified atom stereocenters. The molecule has 0 saturated carbocycles. The molecule has 0 bridgehead atoms. The maximum Gasteiger partial charge on any atom is 0.129 e. The summed E-state index contributed by atoms with van der Waals surface area (Å²) >= 11 is 0. The maximum atomic E-state index is 14.7. The number of hydrogen-bond acceptors (Lipinski definition) is 6. The summed E-state index contributed by atoms with van der Waals surface area (Å²) < 4.78 is 40.5. The Morgan fingerprint density at radius 2 is 1.75 bits per heavy atom. The highest BCUT2D eigenvalue weighted by atomic mass is 32.3. The van der Waals surface area contributed by atoms with Crippen molar-refractivity contribution in [3.8, 4) is 17.6 Å². The fourth-order valence-corrected chi connectivity index (χ4v) is 4.77. The van der Waals surface area contributed by atoms with Crippen molar-refractivity contribution < 1.29 is 18.2 Å². The molecule has 0 fully saturated rings. The van der Waals surface area contributed by atoms with Crippen molar-refractivity contribution in [2.24, 2.45) is 10.7 Å². The Morgan fingerprint density at radius 3 is 2.32 bits per heavy atom. The Kier molecular flexibility index (Phi) is 4.88. The molecule has 3 rings (SSSR count). The van der Waals surface area contributed by atoms with Gasteiger partial charge in [-0.05, 0) is 63.2 Å². The largest absolute Gasteiger partial charge is 0.457 e. The van der Waals surface area contributed by atoms with Crippen LogP contribution in [0.2, 0.25) is 0 Å². The number of aliphatic imine (C=N–C) groups is 1. The van der Waals surface area contributed by atoms with Crippen LogP contribution in [0.4, 0.5) is 4.39 Å². The second-order valence-corrected chi connectivity index (χ2v) is 10.1. The van der Waals surface area contributed by atoms with Gasteiger partial charge in [-0.3, -0.25) is 14.1 Å². The summed E-state index contributed by atoms with van der Waals surface area (Å²) in [6, 6.07) is 12.7. The molecule has 1 aliphatic heterocycles. The van der Waals surface area contributed by atoms with Crippen LogP contribution in [-0.2, 0) is 5.54 Å². The molecule has 1 heterocycles. The Labute approximate surface area is 164 Å². The summed E-state index contributed by atoms with van der Waals surface area (Å²) in [5, 5.41) is 8.86. The molecular formula is C20H22FN3O3S. The van der Waals surface area contributed by atoms with Gasteiger partial charge in [0.05, 0.1) is 17.4 Å². The first-order chi connectivity index (χ1) is 13.0. The van der Waals surface area contributed by atoms with Crippen molar-refractivity contribution in [2.45, 2.75) is 31.1 Å². The number of rotatable bonds is 3. The molecule has 0 aliphatic carbocycles. The monoisotopic (exact) mass is 403 g/mol. The molecule has 0 spiro atoms. The van der Waals surface area contributed by atoms with Gasteiger partial charge in [0.25, 0.3) is 0 Å². The lowest BCUT2D eigenvalue weighted by molar-refractivity contribution is 0.414.